The largest absolute Gasteiger partial charge is 0.494 e. The number of carbonyl (C=O) groups is 1. The van der Waals surface area contributed by atoms with Crippen LogP contribution in [-0.2, 0) is 0 Å². The molecule has 0 spiro atoms. The second-order valence-corrected chi connectivity index (χ2v) is 6.45. The van der Waals surface area contributed by atoms with E-state index in [1.165, 1.54) is 0 Å². The van der Waals surface area contributed by atoms with Gasteiger partial charge in [-0.2, -0.15) is 0 Å². The Hall–Kier alpha value is -1.75. The predicted molar refractivity (Wildman–Crippen MR) is 99.6 cm³/mol. The van der Waals surface area contributed by atoms with Crippen LogP contribution in [0.25, 0.3) is 0 Å². The number of hydrogen-bond acceptors (Lipinski definition) is 3. The molecular weight excluding hydrogens is 302 g/mol. The van der Waals surface area contributed by atoms with E-state index in [9.17, 15) is 4.79 Å². The Labute approximate surface area is 147 Å². The summed E-state index contributed by atoms with van der Waals surface area (Å²) in [5.74, 6) is 0.871. The number of para-hydroxylation sites is 1. The lowest BCUT2D eigenvalue weighted by Gasteiger charge is -2.21. The van der Waals surface area contributed by atoms with Crippen molar-refractivity contribution in [3.63, 3.8) is 0 Å². The highest BCUT2D eigenvalue weighted by molar-refractivity contribution is 5.73. The van der Waals surface area contributed by atoms with E-state index in [2.05, 4.69) is 31.1 Å². The van der Waals surface area contributed by atoms with Gasteiger partial charge in [0.1, 0.15) is 5.75 Å². The molecule has 0 aliphatic rings. The quantitative estimate of drug-likeness (QED) is 0.632. The van der Waals surface area contributed by atoms with Crippen LogP contribution >= 0.6 is 0 Å². The first kappa shape index (κ1) is 20.3. The van der Waals surface area contributed by atoms with E-state index in [-0.39, 0.29) is 6.03 Å². The van der Waals surface area contributed by atoms with Crippen LogP contribution in [0.5, 0.6) is 5.75 Å². The number of hydrogen-bond donors (Lipinski definition) is 1. The van der Waals surface area contributed by atoms with E-state index < -0.39 is 0 Å². The lowest BCUT2D eigenvalue weighted by atomic mass is 10.2. The molecule has 1 aromatic rings. The van der Waals surface area contributed by atoms with Crippen molar-refractivity contribution in [3.05, 3.63) is 30.3 Å². The third kappa shape index (κ3) is 8.77. The standard InChI is InChI=1S/C19H33N3O2/c1-17(2)21(3)14-9-8-13-20-19(23)22(4)15-10-16-24-18-11-6-5-7-12-18/h5-7,11-12,17H,8-10,13-16H2,1-4H3,(H,20,23). The molecule has 0 saturated heterocycles. The van der Waals surface area contributed by atoms with E-state index in [4.69, 9.17) is 4.74 Å². The number of carbonyl (C=O) groups excluding carboxylic acids is 1. The number of rotatable bonds is 11. The molecule has 0 unspecified atom stereocenters. The molecule has 1 rings (SSSR count). The van der Waals surface area contributed by atoms with Gasteiger partial charge < -0.3 is 19.9 Å². The number of unbranched alkanes of at least 4 members (excludes halogenated alkanes) is 1. The van der Waals surface area contributed by atoms with Gasteiger partial charge in [-0.15, -0.1) is 0 Å². The van der Waals surface area contributed by atoms with Gasteiger partial charge in [0, 0.05) is 26.2 Å². The van der Waals surface area contributed by atoms with Crippen molar-refractivity contribution in [2.24, 2.45) is 0 Å². The molecule has 0 atom stereocenters. The lowest BCUT2D eigenvalue weighted by Crippen LogP contribution is -2.38. The molecule has 5 heteroatoms. The maximum Gasteiger partial charge on any atom is 0.317 e. The Bertz CT molecular complexity index is 451. The smallest absolute Gasteiger partial charge is 0.317 e. The molecule has 1 aromatic carbocycles. The first-order chi connectivity index (χ1) is 11.5. The molecule has 0 aliphatic carbocycles. The second-order valence-electron chi connectivity index (χ2n) is 6.45. The maximum absolute atomic E-state index is 12.0. The fourth-order valence-electron chi connectivity index (χ4n) is 2.18. The summed E-state index contributed by atoms with van der Waals surface area (Å²) in [6.45, 7) is 7.49. The average Bonchev–Trinajstić information content (AvgIpc) is 2.58. The van der Waals surface area contributed by atoms with E-state index in [0.29, 0.717) is 19.2 Å². The van der Waals surface area contributed by atoms with Crippen molar-refractivity contribution in [1.29, 1.82) is 0 Å². The average molecular weight is 335 g/mol. The van der Waals surface area contributed by atoms with Crippen LogP contribution in [-0.4, -0.2) is 62.2 Å². The molecule has 0 heterocycles. The van der Waals surface area contributed by atoms with Gasteiger partial charge in [0.15, 0.2) is 0 Å². The van der Waals surface area contributed by atoms with Crippen molar-refractivity contribution in [3.8, 4) is 5.75 Å². The topological polar surface area (TPSA) is 44.8 Å². The summed E-state index contributed by atoms with van der Waals surface area (Å²) in [7, 11) is 3.96. The fraction of sp³-hybridized carbons (Fsp3) is 0.632. The van der Waals surface area contributed by atoms with E-state index in [1.807, 2.05) is 37.4 Å². The predicted octanol–water partition coefficient (Wildman–Crippen LogP) is 3.22. The first-order valence-electron chi connectivity index (χ1n) is 8.87. The second kappa shape index (κ2) is 11.7. The Morgan fingerprint density at radius 1 is 1.08 bits per heavy atom. The van der Waals surface area contributed by atoms with Gasteiger partial charge in [-0.25, -0.2) is 4.79 Å². The molecule has 1 N–H and O–H groups in total. The van der Waals surface area contributed by atoms with Crippen molar-refractivity contribution in [1.82, 2.24) is 15.1 Å². The summed E-state index contributed by atoms with van der Waals surface area (Å²) in [4.78, 5) is 16.0. The number of amides is 2. The summed E-state index contributed by atoms with van der Waals surface area (Å²) in [5.41, 5.74) is 0. The number of urea groups is 1. The van der Waals surface area contributed by atoms with E-state index in [0.717, 1.165) is 38.1 Å². The summed E-state index contributed by atoms with van der Waals surface area (Å²) < 4.78 is 5.63. The van der Waals surface area contributed by atoms with Gasteiger partial charge >= 0.3 is 6.03 Å². The number of ether oxygens (including phenoxy) is 1. The lowest BCUT2D eigenvalue weighted by molar-refractivity contribution is 0.202. The maximum atomic E-state index is 12.0. The SMILES string of the molecule is CC(C)N(C)CCCCNC(=O)N(C)CCCOc1ccccc1. The summed E-state index contributed by atoms with van der Waals surface area (Å²) >= 11 is 0. The van der Waals surface area contributed by atoms with Gasteiger partial charge in [0.25, 0.3) is 0 Å². The van der Waals surface area contributed by atoms with Crippen molar-refractivity contribution in [2.45, 2.75) is 39.2 Å². The molecule has 0 radical (unpaired) electrons. The van der Waals surface area contributed by atoms with Crippen LogP contribution in [0.15, 0.2) is 30.3 Å². The van der Waals surface area contributed by atoms with Crippen LogP contribution in [0, 0.1) is 0 Å². The van der Waals surface area contributed by atoms with E-state index >= 15 is 0 Å². The number of nitrogens with one attached hydrogen (secondary N) is 1. The molecule has 0 saturated carbocycles. The summed E-state index contributed by atoms with van der Waals surface area (Å²) in [6.07, 6.45) is 2.93. The molecule has 0 fully saturated rings. The normalized spacial score (nSPS) is 10.9. The van der Waals surface area contributed by atoms with Crippen LogP contribution in [0.4, 0.5) is 4.79 Å². The Morgan fingerprint density at radius 3 is 2.46 bits per heavy atom. The fourth-order valence-corrected chi connectivity index (χ4v) is 2.18. The van der Waals surface area contributed by atoms with Gasteiger partial charge in [-0.3, -0.25) is 0 Å². The molecule has 0 bridgehead atoms. The van der Waals surface area contributed by atoms with Crippen LogP contribution < -0.4 is 10.1 Å². The van der Waals surface area contributed by atoms with Crippen LogP contribution in [0.2, 0.25) is 0 Å². The zero-order valence-corrected chi connectivity index (χ0v) is 15.6. The molecule has 24 heavy (non-hydrogen) atoms. The molecule has 5 nitrogen and oxygen atoms in total. The Morgan fingerprint density at radius 2 is 1.79 bits per heavy atom. The first-order valence-corrected chi connectivity index (χ1v) is 8.87. The molecular formula is C19H33N3O2. The number of nitrogens with zero attached hydrogens (tertiary/aromatic N) is 2. The van der Waals surface area contributed by atoms with Gasteiger partial charge in [0.2, 0.25) is 0 Å². The van der Waals surface area contributed by atoms with E-state index in [1.54, 1.807) is 4.90 Å². The summed E-state index contributed by atoms with van der Waals surface area (Å²) in [6, 6.07) is 10.3. The minimum atomic E-state index is -0.00748. The third-order valence-electron chi connectivity index (χ3n) is 4.09. The zero-order valence-electron chi connectivity index (χ0n) is 15.6. The van der Waals surface area contributed by atoms with Crippen LogP contribution in [0.1, 0.15) is 33.1 Å². The van der Waals surface area contributed by atoms with Crippen LogP contribution in [0.3, 0.4) is 0 Å². The molecule has 0 aliphatic heterocycles. The molecule has 0 aromatic heterocycles. The molecule has 2 amide bonds. The van der Waals surface area contributed by atoms with Gasteiger partial charge in [-0.1, -0.05) is 18.2 Å². The third-order valence-corrected chi connectivity index (χ3v) is 4.09. The molecule has 136 valence electrons. The monoisotopic (exact) mass is 335 g/mol. The highest BCUT2D eigenvalue weighted by atomic mass is 16.5. The van der Waals surface area contributed by atoms with Crippen molar-refractivity contribution in [2.75, 3.05) is 40.3 Å². The highest BCUT2D eigenvalue weighted by Crippen LogP contribution is 2.08. The minimum Gasteiger partial charge on any atom is -0.494 e. The number of benzene rings is 1. The highest BCUT2D eigenvalue weighted by Gasteiger charge is 2.07. The van der Waals surface area contributed by atoms with Crippen molar-refractivity contribution < 1.29 is 9.53 Å². The van der Waals surface area contributed by atoms with Crippen molar-refractivity contribution >= 4 is 6.03 Å². The van der Waals surface area contributed by atoms with Gasteiger partial charge in [-0.05, 0) is 58.8 Å². The zero-order chi connectivity index (χ0) is 17.8. The summed E-state index contributed by atoms with van der Waals surface area (Å²) in [5, 5.41) is 2.97. The minimum absolute atomic E-state index is 0.00748. The Balaban J connectivity index is 2.04. The van der Waals surface area contributed by atoms with Gasteiger partial charge in [0.05, 0.1) is 6.61 Å². The Kier molecular flexibility index (Phi) is 9.92.